The minimum atomic E-state index is -0.218. The van der Waals surface area contributed by atoms with Crippen LogP contribution in [-0.2, 0) is 4.79 Å². The largest absolute Gasteiger partial charge is 0.494 e. The van der Waals surface area contributed by atoms with Gasteiger partial charge in [-0.15, -0.1) is 0 Å². The van der Waals surface area contributed by atoms with Crippen LogP contribution in [0.1, 0.15) is 70.6 Å². The van der Waals surface area contributed by atoms with Gasteiger partial charge in [-0.3, -0.25) is 4.79 Å². The molecular formula is C25H43Br2ClN2O2. The van der Waals surface area contributed by atoms with Crippen LogP contribution >= 0.6 is 43.5 Å². The zero-order chi connectivity index (χ0) is 23.5. The second kappa shape index (κ2) is 27.1. The van der Waals surface area contributed by atoms with Crippen molar-refractivity contribution in [2.75, 3.05) is 43.4 Å². The van der Waals surface area contributed by atoms with Crippen molar-refractivity contribution in [2.45, 2.75) is 70.6 Å². The van der Waals surface area contributed by atoms with Crippen LogP contribution in [0, 0.1) is 0 Å². The molecule has 0 amide bonds. The minimum absolute atomic E-state index is 0.218. The van der Waals surface area contributed by atoms with Gasteiger partial charge in [0.15, 0.2) is 0 Å². The smallest absolute Gasteiger partial charge is 0.221 e. The first-order valence-corrected chi connectivity index (χ1v) is 14.7. The molecule has 2 aliphatic rings. The third-order valence-corrected chi connectivity index (χ3v) is 6.02. The summed E-state index contributed by atoms with van der Waals surface area (Å²) >= 11 is 11.7. The molecule has 7 heteroatoms. The molecule has 0 spiro atoms. The van der Waals surface area contributed by atoms with E-state index in [2.05, 4.69) is 42.5 Å². The topological polar surface area (TPSA) is 50.4 Å². The molecule has 0 saturated carbocycles. The van der Waals surface area contributed by atoms with Gasteiger partial charge in [0, 0.05) is 17.1 Å². The molecular weight excluding hydrogens is 556 g/mol. The molecule has 0 aliphatic carbocycles. The number of nitrogens with one attached hydrogen (secondary N) is 2. The van der Waals surface area contributed by atoms with E-state index in [0.29, 0.717) is 6.42 Å². The van der Waals surface area contributed by atoms with Crippen LogP contribution in [0.25, 0.3) is 0 Å². The minimum Gasteiger partial charge on any atom is -0.494 e. The van der Waals surface area contributed by atoms with E-state index in [-0.39, 0.29) is 5.24 Å². The Kier molecular flexibility index (Phi) is 27.0. The normalized spacial score (nSPS) is 15.0. The number of piperidine rings is 2. The Morgan fingerprint density at radius 2 is 1.31 bits per heavy atom. The van der Waals surface area contributed by atoms with Crippen molar-refractivity contribution in [1.82, 2.24) is 10.6 Å². The maximum absolute atomic E-state index is 10.2. The summed E-state index contributed by atoms with van der Waals surface area (Å²) in [6.07, 6.45) is 13.1. The number of para-hydroxylation sites is 1. The molecule has 2 heterocycles. The molecule has 0 aromatic heterocycles. The first-order chi connectivity index (χ1) is 15.7. The monoisotopic (exact) mass is 596 g/mol. The van der Waals surface area contributed by atoms with Crippen molar-refractivity contribution in [3.8, 4) is 5.75 Å². The van der Waals surface area contributed by atoms with Gasteiger partial charge in [0.25, 0.3) is 0 Å². The molecule has 0 atom stereocenters. The highest BCUT2D eigenvalue weighted by molar-refractivity contribution is 9.09. The van der Waals surface area contributed by atoms with Crippen LogP contribution in [0.4, 0.5) is 0 Å². The van der Waals surface area contributed by atoms with Crippen molar-refractivity contribution < 1.29 is 9.53 Å². The zero-order valence-electron chi connectivity index (χ0n) is 19.6. The van der Waals surface area contributed by atoms with Crippen molar-refractivity contribution in [2.24, 2.45) is 0 Å². The second-order valence-corrected chi connectivity index (χ2v) is 9.69. The lowest BCUT2D eigenvalue weighted by Gasteiger charge is -2.08. The number of unbranched alkanes of at least 4 members (excludes halogenated alkanes) is 2. The molecule has 3 rings (SSSR count). The molecule has 2 aliphatic heterocycles. The fourth-order valence-electron chi connectivity index (χ4n) is 2.90. The van der Waals surface area contributed by atoms with E-state index in [1.54, 1.807) is 0 Å². The van der Waals surface area contributed by atoms with E-state index in [0.717, 1.165) is 48.7 Å². The molecule has 32 heavy (non-hydrogen) atoms. The number of halogens is 3. The van der Waals surface area contributed by atoms with Gasteiger partial charge in [-0.25, -0.2) is 0 Å². The average molecular weight is 599 g/mol. The Hall–Kier alpha value is -0.140. The van der Waals surface area contributed by atoms with Gasteiger partial charge in [-0.1, -0.05) is 69.3 Å². The molecule has 1 aromatic carbocycles. The van der Waals surface area contributed by atoms with Crippen molar-refractivity contribution >= 4 is 48.7 Å². The van der Waals surface area contributed by atoms with Gasteiger partial charge in [-0.2, -0.15) is 0 Å². The van der Waals surface area contributed by atoms with Crippen molar-refractivity contribution in [1.29, 1.82) is 0 Å². The van der Waals surface area contributed by atoms with Crippen LogP contribution in [-0.4, -0.2) is 48.7 Å². The molecule has 4 nitrogen and oxygen atoms in total. The van der Waals surface area contributed by atoms with Crippen LogP contribution in [0.2, 0.25) is 0 Å². The molecule has 1 aromatic rings. The quantitative estimate of drug-likeness (QED) is 0.181. The molecule has 2 N–H and O–H groups in total. The van der Waals surface area contributed by atoms with E-state index in [1.807, 2.05) is 30.3 Å². The summed E-state index contributed by atoms with van der Waals surface area (Å²) in [6.45, 7) is 5.79. The van der Waals surface area contributed by atoms with Crippen LogP contribution in [0.5, 0.6) is 5.75 Å². The van der Waals surface area contributed by atoms with E-state index in [1.165, 1.54) is 64.7 Å². The zero-order valence-corrected chi connectivity index (χ0v) is 23.5. The average Bonchev–Trinajstić information content (AvgIpc) is 2.86. The maximum atomic E-state index is 10.2. The van der Waals surface area contributed by atoms with E-state index in [9.17, 15) is 4.79 Å². The highest BCUT2D eigenvalue weighted by Crippen LogP contribution is 2.08. The van der Waals surface area contributed by atoms with Crippen molar-refractivity contribution in [3.63, 3.8) is 0 Å². The predicted octanol–water partition coefficient (Wildman–Crippen LogP) is 7.08. The first-order valence-electron chi connectivity index (χ1n) is 12.1. The highest BCUT2D eigenvalue weighted by atomic mass is 79.9. The van der Waals surface area contributed by atoms with E-state index >= 15 is 0 Å². The summed E-state index contributed by atoms with van der Waals surface area (Å²) in [5.74, 6) is 0.952. The van der Waals surface area contributed by atoms with Gasteiger partial charge in [0.05, 0.1) is 6.61 Å². The SMILES string of the molecule is BrCCCOc1ccccc1.C1CCNCC1.C1CCNCC1.O=C(Cl)CCCCCBr. The molecule has 0 radical (unpaired) electrons. The third-order valence-electron chi connectivity index (χ3n) is 4.71. The molecule has 2 fully saturated rings. The number of carbonyl (C=O) groups excluding carboxylic acids is 1. The number of benzene rings is 1. The Morgan fingerprint density at radius 3 is 1.69 bits per heavy atom. The fourth-order valence-corrected chi connectivity index (χ4v) is 3.66. The molecule has 0 bridgehead atoms. The van der Waals surface area contributed by atoms with E-state index < -0.39 is 0 Å². The Labute approximate surface area is 218 Å². The summed E-state index contributed by atoms with van der Waals surface area (Å²) in [4.78, 5) is 10.2. The van der Waals surface area contributed by atoms with E-state index in [4.69, 9.17) is 16.3 Å². The summed E-state index contributed by atoms with van der Waals surface area (Å²) in [5, 5.41) is 8.37. The Bertz CT molecular complexity index is 467. The number of ether oxygens (including phenoxy) is 1. The second-order valence-electron chi connectivity index (χ2n) is 7.68. The Balaban J connectivity index is 0.000000413. The van der Waals surface area contributed by atoms with Gasteiger partial charge < -0.3 is 15.4 Å². The lowest BCUT2D eigenvalue weighted by atomic mass is 10.2. The summed E-state index contributed by atoms with van der Waals surface area (Å²) < 4.78 is 5.42. The fraction of sp³-hybridized carbons (Fsp3) is 0.720. The maximum Gasteiger partial charge on any atom is 0.221 e. The molecule has 0 unspecified atom stereocenters. The lowest BCUT2D eigenvalue weighted by molar-refractivity contribution is -0.111. The molecule has 186 valence electrons. The van der Waals surface area contributed by atoms with Gasteiger partial charge in [0.2, 0.25) is 5.24 Å². The molecule has 2 saturated heterocycles. The number of alkyl halides is 2. The summed E-state index contributed by atoms with van der Waals surface area (Å²) in [7, 11) is 0. The lowest BCUT2D eigenvalue weighted by Crippen LogP contribution is -2.21. The first kappa shape index (κ1) is 31.9. The standard InChI is InChI=1S/C9H11BrO.C6H10BrClO.2C5H11N/c10-7-4-8-11-9-5-2-1-3-6-9;7-5-3-1-2-4-6(8)9;2*1-2-4-6-5-3-1/h1-3,5-6H,4,7-8H2;1-5H2;2*6H,1-5H2. The summed E-state index contributed by atoms with van der Waals surface area (Å²) in [5.41, 5.74) is 0. The van der Waals surface area contributed by atoms with Gasteiger partial charge in [-0.05, 0) is 94.9 Å². The van der Waals surface area contributed by atoms with Crippen molar-refractivity contribution in [3.05, 3.63) is 30.3 Å². The van der Waals surface area contributed by atoms with Gasteiger partial charge in [0.1, 0.15) is 5.75 Å². The number of hydrogen-bond acceptors (Lipinski definition) is 4. The van der Waals surface area contributed by atoms with Crippen LogP contribution in [0.3, 0.4) is 0 Å². The number of hydrogen-bond donors (Lipinski definition) is 2. The van der Waals surface area contributed by atoms with Gasteiger partial charge >= 0.3 is 0 Å². The third kappa shape index (κ3) is 26.1. The van der Waals surface area contributed by atoms with Crippen LogP contribution in [0.15, 0.2) is 30.3 Å². The number of rotatable bonds is 9. The predicted molar refractivity (Wildman–Crippen MR) is 147 cm³/mol. The number of carbonyl (C=O) groups is 1. The highest BCUT2D eigenvalue weighted by Gasteiger charge is 1.95. The van der Waals surface area contributed by atoms with Crippen LogP contribution < -0.4 is 15.4 Å². The Morgan fingerprint density at radius 1 is 0.781 bits per heavy atom. The summed E-state index contributed by atoms with van der Waals surface area (Å²) in [6, 6.07) is 9.87.